The van der Waals surface area contributed by atoms with Gasteiger partial charge in [-0.1, -0.05) is 12.8 Å². The second kappa shape index (κ2) is 7.87. The Hall–Kier alpha value is -1.40. The summed E-state index contributed by atoms with van der Waals surface area (Å²) >= 11 is 0. The second-order valence-corrected chi connectivity index (χ2v) is 7.56. The summed E-state index contributed by atoms with van der Waals surface area (Å²) in [5.41, 5.74) is 0.461. The average Bonchev–Trinajstić information content (AvgIpc) is 3.27. The summed E-state index contributed by atoms with van der Waals surface area (Å²) in [6.45, 7) is 4.73. The Morgan fingerprint density at radius 2 is 1.88 bits per heavy atom. The summed E-state index contributed by atoms with van der Waals surface area (Å²) < 4.78 is 11.2. The lowest BCUT2D eigenvalue weighted by molar-refractivity contribution is 0.0555. The maximum absolute atomic E-state index is 13.1. The Balaban J connectivity index is 1.44. The molecular formula is C19H29N3O3. The Morgan fingerprint density at radius 3 is 2.64 bits per heavy atom. The van der Waals surface area contributed by atoms with Crippen LogP contribution >= 0.6 is 0 Å². The van der Waals surface area contributed by atoms with Crippen LogP contribution in [-0.4, -0.2) is 59.5 Å². The molecule has 2 atom stereocenters. The van der Waals surface area contributed by atoms with E-state index in [1.165, 1.54) is 51.6 Å². The number of amides is 1. The summed E-state index contributed by atoms with van der Waals surface area (Å²) in [5, 5.41) is 0. The number of rotatable bonds is 3. The van der Waals surface area contributed by atoms with Crippen LogP contribution in [0.15, 0.2) is 10.8 Å². The quantitative estimate of drug-likeness (QED) is 0.841. The Morgan fingerprint density at radius 1 is 1.04 bits per heavy atom. The van der Waals surface area contributed by atoms with Crippen LogP contribution in [0.4, 0.5) is 0 Å². The molecule has 3 saturated heterocycles. The minimum absolute atomic E-state index is 0.0128. The number of ether oxygens (including phenoxy) is 1. The van der Waals surface area contributed by atoms with Crippen molar-refractivity contribution in [1.29, 1.82) is 0 Å². The van der Waals surface area contributed by atoms with E-state index in [0.29, 0.717) is 17.5 Å². The van der Waals surface area contributed by atoms with Gasteiger partial charge in [-0.15, -0.1) is 0 Å². The monoisotopic (exact) mass is 347 g/mol. The maximum Gasteiger partial charge on any atom is 0.276 e. The molecule has 4 rings (SSSR count). The molecule has 0 spiro atoms. The van der Waals surface area contributed by atoms with Gasteiger partial charge in [-0.05, 0) is 51.6 Å². The molecule has 6 heteroatoms. The first-order valence-corrected chi connectivity index (χ1v) is 9.91. The van der Waals surface area contributed by atoms with E-state index in [0.717, 1.165) is 39.0 Å². The smallest absolute Gasteiger partial charge is 0.276 e. The van der Waals surface area contributed by atoms with Gasteiger partial charge in [0.1, 0.15) is 6.10 Å². The number of nitrogens with zero attached hydrogens (tertiary/aromatic N) is 3. The van der Waals surface area contributed by atoms with Crippen molar-refractivity contribution in [2.45, 2.75) is 63.5 Å². The Bertz CT molecular complexity index is 574. The molecule has 0 aromatic carbocycles. The number of likely N-dealkylation sites (tertiary alicyclic amines) is 2. The zero-order chi connectivity index (χ0) is 17.1. The number of aromatic nitrogens is 1. The number of carbonyl (C=O) groups is 1. The molecular weight excluding hydrogens is 318 g/mol. The van der Waals surface area contributed by atoms with Crippen LogP contribution in [0.2, 0.25) is 0 Å². The standard InChI is InChI=1S/C19H29N3O3/c23-19(17-18(25-14-20-17)16-8-6-12-24-16)22-11-5-7-15(13-22)21-9-3-1-2-4-10-21/h14-16H,1-13H2/t15-,16+/m0/s1. The van der Waals surface area contributed by atoms with E-state index in [4.69, 9.17) is 9.15 Å². The SMILES string of the molecule is O=C(c1ncoc1[C@H]1CCCO1)N1CCC[C@H](N2CCCCCC2)C1. The summed E-state index contributed by atoms with van der Waals surface area (Å²) in [5.74, 6) is 0.637. The largest absolute Gasteiger partial charge is 0.445 e. The Labute approximate surface area is 149 Å². The van der Waals surface area contributed by atoms with Gasteiger partial charge in [0, 0.05) is 25.7 Å². The molecule has 25 heavy (non-hydrogen) atoms. The van der Waals surface area contributed by atoms with Gasteiger partial charge >= 0.3 is 0 Å². The fourth-order valence-electron chi connectivity index (χ4n) is 4.48. The van der Waals surface area contributed by atoms with Gasteiger partial charge < -0.3 is 14.1 Å². The molecule has 3 aliphatic heterocycles. The number of hydrogen-bond acceptors (Lipinski definition) is 5. The molecule has 4 heterocycles. The van der Waals surface area contributed by atoms with Gasteiger partial charge in [-0.3, -0.25) is 9.69 Å². The normalized spacial score (nSPS) is 28.9. The zero-order valence-electron chi connectivity index (χ0n) is 15.0. The molecule has 1 amide bonds. The molecule has 138 valence electrons. The fourth-order valence-corrected chi connectivity index (χ4v) is 4.48. The molecule has 0 unspecified atom stereocenters. The van der Waals surface area contributed by atoms with Crippen molar-refractivity contribution in [3.05, 3.63) is 17.8 Å². The van der Waals surface area contributed by atoms with Gasteiger partial charge in [-0.25, -0.2) is 4.98 Å². The number of hydrogen-bond donors (Lipinski definition) is 0. The first-order chi connectivity index (χ1) is 12.3. The average molecular weight is 347 g/mol. The minimum Gasteiger partial charge on any atom is -0.445 e. The zero-order valence-corrected chi connectivity index (χ0v) is 15.0. The predicted octanol–water partition coefficient (Wildman–Crippen LogP) is 3.01. The maximum atomic E-state index is 13.1. The van der Waals surface area contributed by atoms with Gasteiger partial charge in [-0.2, -0.15) is 0 Å². The first kappa shape index (κ1) is 17.0. The topological polar surface area (TPSA) is 58.8 Å². The summed E-state index contributed by atoms with van der Waals surface area (Å²) in [7, 11) is 0. The highest BCUT2D eigenvalue weighted by atomic mass is 16.5. The molecule has 0 N–H and O–H groups in total. The predicted molar refractivity (Wildman–Crippen MR) is 93.4 cm³/mol. The lowest BCUT2D eigenvalue weighted by Gasteiger charge is -2.39. The van der Waals surface area contributed by atoms with Crippen LogP contribution in [0.3, 0.4) is 0 Å². The van der Waals surface area contributed by atoms with Crippen molar-refractivity contribution in [2.75, 3.05) is 32.8 Å². The Kier molecular flexibility index (Phi) is 5.36. The van der Waals surface area contributed by atoms with Crippen LogP contribution < -0.4 is 0 Å². The van der Waals surface area contributed by atoms with E-state index in [9.17, 15) is 4.79 Å². The number of piperidine rings is 1. The van der Waals surface area contributed by atoms with Gasteiger partial charge in [0.05, 0.1) is 0 Å². The van der Waals surface area contributed by atoms with Crippen molar-refractivity contribution in [1.82, 2.24) is 14.8 Å². The van der Waals surface area contributed by atoms with Crippen LogP contribution in [0.25, 0.3) is 0 Å². The molecule has 1 aromatic rings. The van der Waals surface area contributed by atoms with Crippen molar-refractivity contribution in [3.63, 3.8) is 0 Å². The minimum atomic E-state index is -0.104. The third kappa shape index (κ3) is 3.75. The van der Waals surface area contributed by atoms with E-state index in [1.54, 1.807) is 0 Å². The molecule has 0 radical (unpaired) electrons. The van der Waals surface area contributed by atoms with Crippen molar-refractivity contribution in [2.24, 2.45) is 0 Å². The summed E-state index contributed by atoms with van der Waals surface area (Å²) in [6, 6.07) is 0.494. The lowest BCUT2D eigenvalue weighted by atomic mass is 10.0. The van der Waals surface area contributed by atoms with Crippen molar-refractivity contribution < 1.29 is 13.9 Å². The molecule has 0 bridgehead atoms. The van der Waals surface area contributed by atoms with E-state index < -0.39 is 0 Å². The van der Waals surface area contributed by atoms with Crippen LogP contribution in [-0.2, 0) is 4.74 Å². The molecule has 0 aliphatic carbocycles. The lowest BCUT2D eigenvalue weighted by Crippen LogP contribution is -2.50. The first-order valence-electron chi connectivity index (χ1n) is 9.91. The van der Waals surface area contributed by atoms with E-state index in [-0.39, 0.29) is 12.0 Å². The highest BCUT2D eigenvalue weighted by Crippen LogP contribution is 2.31. The highest BCUT2D eigenvalue weighted by Gasteiger charge is 2.33. The van der Waals surface area contributed by atoms with Crippen LogP contribution in [0, 0.1) is 0 Å². The third-order valence-electron chi connectivity index (χ3n) is 5.86. The van der Waals surface area contributed by atoms with E-state index in [1.807, 2.05) is 4.90 Å². The van der Waals surface area contributed by atoms with E-state index >= 15 is 0 Å². The summed E-state index contributed by atoms with van der Waals surface area (Å²) in [6.07, 6.45) is 10.7. The van der Waals surface area contributed by atoms with E-state index in [2.05, 4.69) is 9.88 Å². The third-order valence-corrected chi connectivity index (χ3v) is 5.86. The fraction of sp³-hybridized carbons (Fsp3) is 0.789. The van der Waals surface area contributed by atoms with Crippen molar-refractivity contribution >= 4 is 5.91 Å². The molecule has 3 aliphatic rings. The molecule has 6 nitrogen and oxygen atoms in total. The van der Waals surface area contributed by atoms with Gasteiger partial charge in [0.15, 0.2) is 17.8 Å². The molecule has 0 saturated carbocycles. The molecule has 1 aromatic heterocycles. The number of carbonyl (C=O) groups excluding carboxylic acids is 1. The van der Waals surface area contributed by atoms with Gasteiger partial charge in [0.25, 0.3) is 5.91 Å². The summed E-state index contributed by atoms with van der Waals surface area (Å²) in [4.78, 5) is 21.9. The van der Waals surface area contributed by atoms with Crippen LogP contribution in [0.1, 0.15) is 73.7 Å². The van der Waals surface area contributed by atoms with Gasteiger partial charge in [0.2, 0.25) is 0 Å². The van der Waals surface area contributed by atoms with Crippen molar-refractivity contribution in [3.8, 4) is 0 Å². The highest BCUT2D eigenvalue weighted by molar-refractivity contribution is 5.93. The number of oxazole rings is 1. The van der Waals surface area contributed by atoms with Crippen LogP contribution in [0.5, 0.6) is 0 Å². The molecule has 3 fully saturated rings. The second-order valence-electron chi connectivity index (χ2n) is 7.56.